The van der Waals surface area contributed by atoms with E-state index in [0.29, 0.717) is 0 Å². The fourth-order valence-corrected chi connectivity index (χ4v) is 1.36. The lowest BCUT2D eigenvalue weighted by atomic mass is 10.3. The Labute approximate surface area is 92.8 Å². The van der Waals surface area contributed by atoms with Crippen LogP contribution in [0.1, 0.15) is 6.92 Å². The van der Waals surface area contributed by atoms with Crippen molar-refractivity contribution in [1.29, 1.82) is 0 Å². The molecule has 86 valence electrons. The molecule has 6 nitrogen and oxygen atoms in total. The molecule has 1 aromatic rings. The minimum absolute atomic E-state index is 0.231. The summed E-state index contributed by atoms with van der Waals surface area (Å²) in [6.45, 7) is 1.07. The van der Waals surface area contributed by atoms with Gasteiger partial charge in [-0.1, -0.05) is 22.8 Å². The van der Waals surface area contributed by atoms with Gasteiger partial charge in [0.25, 0.3) is 0 Å². The molecule has 0 aliphatic rings. The average Bonchev–Trinajstić information content (AvgIpc) is 2.28. The van der Waals surface area contributed by atoms with Gasteiger partial charge in [-0.3, -0.25) is 0 Å². The van der Waals surface area contributed by atoms with Crippen LogP contribution in [0.5, 0.6) is 5.75 Å². The normalized spacial score (nSPS) is 14.8. The molecule has 0 spiro atoms. The molecule has 1 aromatic carbocycles. The molecule has 0 saturated carbocycles. The van der Waals surface area contributed by atoms with Gasteiger partial charge in [-0.15, -0.1) is 0 Å². The highest BCUT2D eigenvalue weighted by molar-refractivity contribution is 7.39. The topological polar surface area (TPSA) is 102 Å². The van der Waals surface area contributed by atoms with Gasteiger partial charge in [0.15, 0.2) is 0 Å². The predicted octanol–water partition coefficient (Wildman–Crippen LogP) is 0.301. The van der Waals surface area contributed by atoms with Crippen molar-refractivity contribution in [2.45, 2.75) is 12.3 Å². The molecular formula is C9H10NO5P. The number of para-hydroxylation sites is 1. The van der Waals surface area contributed by atoms with Gasteiger partial charge in [-0.25, -0.2) is 4.79 Å². The molecule has 1 rings (SSSR count). The molecule has 0 bridgehead atoms. The number of nitrogens with two attached hydrogens (primary N) is 1. The van der Waals surface area contributed by atoms with Crippen molar-refractivity contribution < 1.29 is 23.8 Å². The lowest BCUT2D eigenvalue weighted by Crippen LogP contribution is -2.42. The second kappa shape index (κ2) is 5.03. The Morgan fingerprint density at radius 2 is 2.00 bits per heavy atom. The molecule has 16 heavy (non-hydrogen) atoms. The standard InChI is InChI=1S/C9H10NO5P/c1-9(16(12)13,8(11)15-10)14-7-5-3-2-4-6-7/h2-6H,10H2,1H3. The van der Waals surface area contributed by atoms with Gasteiger partial charge in [0.1, 0.15) is 5.75 Å². The number of carbonyl (C=O) groups excluding carboxylic acids is 1. The van der Waals surface area contributed by atoms with Crippen molar-refractivity contribution >= 4 is 14.0 Å². The van der Waals surface area contributed by atoms with Gasteiger partial charge in [-0.05, 0) is 12.1 Å². The number of rotatable bonds is 4. The second-order valence-electron chi connectivity index (χ2n) is 3.06. The van der Waals surface area contributed by atoms with E-state index in [9.17, 15) is 14.3 Å². The van der Waals surface area contributed by atoms with Crippen LogP contribution in [0.2, 0.25) is 0 Å². The third-order valence-electron chi connectivity index (χ3n) is 1.89. The maximum absolute atomic E-state index is 11.2. The number of ether oxygens (including phenoxy) is 1. The van der Waals surface area contributed by atoms with Crippen LogP contribution in [0, 0.1) is 0 Å². The van der Waals surface area contributed by atoms with E-state index in [2.05, 4.69) is 10.7 Å². The zero-order chi connectivity index (χ0) is 12.2. The van der Waals surface area contributed by atoms with E-state index in [-0.39, 0.29) is 5.75 Å². The van der Waals surface area contributed by atoms with Crippen LogP contribution in [0.3, 0.4) is 0 Å². The minimum atomic E-state index is -3.19. The maximum Gasteiger partial charge on any atom is 0.421 e. The van der Waals surface area contributed by atoms with Crippen LogP contribution in [-0.2, 0) is 14.2 Å². The monoisotopic (exact) mass is 243 g/mol. The molecule has 2 unspecified atom stereocenters. The Bertz CT molecular complexity index is 396. The molecular weight excluding hydrogens is 233 g/mol. The summed E-state index contributed by atoms with van der Waals surface area (Å²) in [4.78, 5) is 26.1. The van der Waals surface area contributed by atoms with Crippen molar-refractivity contribution in [3.8, 4) is 5.75 Å². The van der Waals surface area contributed by atoms with E-state index in [1.165, 1.54) is 12.1 Å². The van der Waals surface area contributed by atoms with Gasteiger partial charge >= 0.3 is 19.3 Å². The van der Waals surface area contributed by atoms with E-state index in [4.69, 9.17) is 4.74 Å². The van der Waals surface area contributed by atoms with Gasteiger partial charge in [-0.2, -0.15) is 5.90 Å². The largest absolute Gasteiger partial charge is 0.592 e. The summed E-state index contributed by atoms with van der Waals surface area (Å²) < 4.78 is 16.0. The third-order valence-corrected chi connectivity index (χ3v) is 2.86. The number of carbonyl (C=O) groups is 1. The smallest absolute Gasteiger partial charge is 0.421 e. The van der Waals surface area contributed by atoms with Crippen molar-refractivity contribution in [1.82, 2.24) is 0 Å². The fraction of sp³-hybridized carbons (Fsp3) is 0.222. The Morgan fingerprint density at radius 3 is 2.44 bits per heavy atom. The van der Waals surface area contributed by atoms with Crippen LogP contribution in [0.15, 0.2) is 30.3 Å². The Morgan fingerprint density at radius 1 is 1.44 bits per heavy atom. The summed E-state index contributed by atoms with van der Waals surface area (Å²) in [5.74, 6) is 3.71. The van der Waals surface area contributed by atoms with E-state index < -0.39 is 19.3 Å². The zero-order valence-electron chi connectivity index (χ0n) is 8.45. The van der Waals surface area contributed by atoms with Gasteiger partial charge in [0, 0.05) is 6.92 Å². The molecule has 0 fully saturated rings. The number of benzene rings is 1. The van der Waals surface area contributed by atoms with Crippen molar-refractivity contribution in [2.24, 2.45) is 5.90 Å². The highest BCUT2D eigenvalue weighted by Crippen LogP contribution is 2.34. The van der Waals surface area contributed by atoms with E-state index >= 15 is 0 Å². The van der Waals surface area contributed by atoms with Crippen LogP contribution < -0.4 is 15.5 Å². The lowest BCUT2D eigenvalue weighted by Gasteiger charge is -2.18. The first-order valence-electron chi connectivity index (χ1n) is 4.30. The quantitative estimate of drug-likeness (QED) is 0.602. The van der Waals surface area contributed by atoms with Crippen LogP contribution in [-0.4, -0.2) is 11.3 Å². The first-order chi connectivity index (χ1) is 7.50. The Hall–Kier alpha value is -1.49. The first-order valence-corrected chi connectivity index (χ1v) is 5.48. The summed E-state index contributed by atoms with van der Waals surface area (Å²) in [5, 5.41) is -2.12. The summed E-state index contributed by atoms with van der Waals surface area (Å²) in [6.07, 6.45) is 0. The molecule has 2 N–H and O–H groups in total. The van der Waals surface area contributed by atoms with Crippen molar-refractivity contribution in [2.75, 3.05) is 0 Å². The molecule has 0 saturated heterocycles. The fourth-order valence-electron chi connectivity index (χ4n) is 0.981. The van der Waals surface area contributed by atoms with Crippen LogP contribution in [0.4, 0.5) is 0 Å². The van der Waals surface area contributed by atoms with Crippen LogP contribution in [0.25, 0.3) is 0 Å². The first kappa shape index (κ1) is 12.6. The molecule has 0 aliphatic carbocycles. The third kappa shape index (κ3) is 2.55. The van der Waals surface area contributed by atoms with Gasteiger partial charge in [0.2, 0.25) is 0 Å². The average molecular weight is 243 g/mol. The number of hydrogen-bond acceptors (Lipinski definition) is 6. The second-order valence-corrected chi connectivity index (χ2v) is 4.43. The maximum atomic E-state index is 11.2. The molecule has 0 aromatic heterocycles. The molecule has 7 heteroatoms. The van der Waals surface area contributed by atoms with Crippen LogP contribution >= 0.6 is 8.03 Å². The van der Waals surface area contributed by atoms with E-state index in [0.717, 1.165) is 6.92 Å². The predicted molar refractivity (Wildman–Crippen MR) is 53.4 cm³/mol. The SMILES string of the molecule is CC(Oc1ccccc1)(C(=O)ON)[P+](=O)[O-]. The molecule has 0 radical (unpaired) electrons. The highest BCUT2D eigenvalue weighted by atomic mass is 31.1. The zero-order valence-corrected chi connectivity index (χ0v) is 9.35. The highest BCUT2D eigenvalue weighted by Gasteiger charge is 2.51. The Kier molecular flexibility index (Phi) is 3.95. The minimum Gasteiger partial charge on any atom is -0.592 e. The summed E-state index contributed by atoms with van der Waals surface area (Å²) in [7, 11) is -3.19. The van der Waals surface area contributed by atoms with Crippen molar-refractivity contribution in [3.63, 3.8) is 0 Å². The molecule has 0 aliphatic heterocycles. The van der Waals surface area contributed by atoms with Crippen molar-refractivity contribution in [3.05, 3.63) is 30.3 Å². The summed E-state index contributed by atoms with van der Waals surface area (Å²) in [6, 6.07) is 8.03. The molecule has 0 heterocycles. The van der Waals surface area contributed by atoms with Gasteiger partial charge < -0.3 is 14.5 Å². The Balaban J connectivity index is 2.97. The summed E-state index contributed by atoms with van der Waals surface area (Å²) in [5.41, 5.74) is 0. The number of hydrogen-bond donors (Lipinski definition) is 1. The summed E-state index contributed by atoms with van der Waals surface area (Å²) >= 11 is 0. The van der Waals surface area contributed by atoms with E-state index in [1.54, 1.807) is 18.2 Å². The lowest BCUT2D eigenvalue weighted by molar-refractivity contribution is -0.184. The van der Waals surface area contributed by atoms with Gasteiger partial charge in [0.05, 0.1) is 0 Å². The molecule has 2 atom stereocenters. The molecule has 0 amide bonds. The van der Waals surface area contributed by atoms with E-state index in [1.807, 2.05) is 0 Å².